The number of methoxy groups -OCH3 is 2. The third-order valence-electron chi connectivity index (χ3n) is 4.81. The fourth-order valence-corrected chi connectivity index (χ4v) is 3.65. The van der Waals surface area contributed by atoms with Crippen LogP contribution >= 0.6 is 11.6 Å². The Kier molecular flexibility index (Phi) is 4.54. The van der Waals surface area contributed by atoms with E-state index in [9.17, 15) is 0 Å². The van der Waals surface area contributed by atoms with Gasteiger partial charge in [-0.3, -0.25) is 0 Å². The second-order valence-electron chi connectivity index (χ2n) is 6.01. The van der Waals surface area contributed by atoms with Crippen molar-refractivity contribution in [1.82, 2.24) is 9.97 Å². The first-order valence-electron chi connectivity index (χ1n) is 7.99. The highest BCUT2D eigenvalue weighted by Crippen LogP contribution is 2.42. The number of benzene rings is 1. The molecule has 3 rings (SSSR count). The minimum atomic E-state index is 0.0999. The van der Waals surface area contributed by atoms with Crippen molar-refractivity contribution in [3.63, 3.8) is 0 Å². The van der Waals surface area contributed by atoms with Crippen molar-refractivity contribution in [2.24, 2.45) is 0 Å². The van der Waals surface area contributed by atoms with Gasteiger partial charge in [0.05, 0.1) is 20.3 Å². The quantitative estimate of drug-likeness (QED) is 0.788. The summed E-state index contributed by atoms with van der Waals surface area (Å²) < 4.78 is 11.1. The maximum Gasteiger partial charge on any atom is 0.224 e. The van der Waals surface area contributed by atoms with Crippen LogP contribution in [0.15, 0.2) is 12.1 Å². The van der Waals surface area contributed by atoms with Crippen molar-refractivity contribution in [3.05, 3.63) is 39.8 Å². The summed E-state index contributed by atoms with van der Waals surface area (Å²) in [5, 5.41) is 0.281. The predicted octanol–water partition coefficient (Wildman–Crippen LogP) is 3.89. The fourth-order valence-electron chi connectivity index (χ4n) is 3.44. The van der Waals surface area contributed by atoms with Gasteiger partial charge in [-0.2, -0.15) is 0 Å². The first-order chi connectivity index (χ1) is 11.5. The second-order valence-corrected chi connectivity index (χ2v) is 6.35. The second kappa shape index (κ2) is 6.48. The van der Waals surface area contributed by atoms with Crippen LogP contribution in [0.4, 0.5) is 5.82 Å². The van der Waals surface area contributed by atoms with E-state index in [1.807, 2.05) is 26.0 Å². The van der Waals surface area contributed by atoms with Crippen LogP contribution in [-0.2, 0) is 6.42 Å². The van der Waals surface area contributed by atoms with Gasteiger partial charge in [-0.05, 0) is 50.9 Å². The molecule has 1 atom stereocenters. The standard InChI is InChI=1S/C18H22ClN3O2/c1-10-11(2)20-18(19)21-17(10)22-9-8-13-14(23-4)6-7-15(24-5)16(13)12(22)3/h6-7,12H,8-9H2,1-5H3. The number of anilines is 1. The average Bonchev–Trinajstić information content (AvgIpc) is 2.57. The summed E-state index contributed by atoms with van der Waals surface area (Å²) in [5.41, 5.74) is 4.31. The van der Waals surface area contributed by atoms with Gasteiger partial charge in [0, 0.05) is 28.9 Å². The Morgan fingerprint density at radius 1 is 1.12 bits per heavy atom. The number of hydrogen-bond donors (Lipinski definition) is 0. The number of halogens is 1. The van der Waals surface area contributed by atoms with Crippen LogP contribution in [0.3, 0.4) is 0 Å². The monoisotopic (exact) mass is 347 g/mol. The zero-order valence-electron chi connectivity index (χ0n) is 14.7. The van der Waals surface area contributed by atoms with Crippen molar-refractivity contribution in [2.75, 3.05) is 25.7 Å². The summed E-state index contributed by atoms with van der Waals surface area (Å²) in [6, 6.07) is 4.03. The van der Waals surface area contributed by atoms with Crippen LogP contribution in [0.2, 0.25) is 5.28 Å². The number of aryl methyl sites for hydroxylation is 1. The molecule has 1 aromatic carbocycles. The van der Waals surface area contributed by atoms with Gasteiger partial charge in [0.25, 0.3) is 0 Å². The smallest absolute Gasteiger partial charge is 0.224 e. The van der Waals surface area contributed by atoms with Gasteiger partial charge in [-0.25, -0.2) is 9.97 Å². The van der Waals surface area contributed by atoms with Crippen LogP contribution in [0.5, 0.6) is 11.5 Å². The van der Waals surface area contributed by atoms with Gasteiger partial charge in [0.15, 0.2) is 0 Å². The van der Waals surface area contributed by atoms with Crippen LogP contribution in [0.1, 0.15) is 35.3 Å². The molecule has 0 spiro atoms. The summed E-state index contributed by atoms with van der Waals surface area (Å²) in [5.74, 6) is 2.67. The Morgan fingerprint density at radius 3 is 2.46 bits per heavy atom. The molecule has 0 fully saturated rings. The molecule has 0 radical (unpaired) electrons. The molecule has 0 amide bonds. The number of nitrogens with zero attached hydrogens (tertiary/aromatic N) is 3. The van der Waals surface area contributed by atoms with E-state index in [1.54, 1.807) is 14.2 Å². The Bertz CT molecular complexity index is 779. The molecule has 1 aliphatic heterocycles. The van der Waals surface area contributed by atoms with Crippen molar-refractivity contribution in [2.45, 2.75) is 33.2 Å². The third-order valence-corrected chi connectivity index (χ3v) is 4.98. The minimum Gasteiger partial charge on any atom is -0.496 e. The van der Waals surface area contributed by atoms with Crippen LogP contribution in [0, 0.1) is 13.8 Å². The van der Waals surface area contributed by atoms with E-state index in [4.69, 9.17) is 21.1 Å². The number of hydrogen-bond acceptors (Lipinski definition) is 5. The highest BCUT2D eigenvalue weighted by atomic mass is 35.5. The molecule has 24 heavy (non-hydrogen) atoms. The number of fused-ring (bicyclic) bond motifs is 1. The summed E-state index contributed by atoms with van der Waals surface area (Å²) in [4.78, 5) is 11.0. The largest absolute Gasteiger partial charge is 0.496 e. The highest BCUT2D eigenvalue weighted by Gasteiger charge is 2.31. The van der Waals surface area contributed by atoms with Crippen molar-refractivity contribution >= 4 is 17.4 Å². The maximum absolute atomic E-state index is 6.10. The zero-order valence-corrected chi connectivity index (χ0v) is 15.4. The van der Waals surface area contributed by atoms with E-state index in [1.165, 1.54) is 5.56 Å². The van der Waals surface area contributed by atoms with E-state index < -0.39 is 0 Å². The van der Waals surface area contributed by atoms with Crippen molar-refractivity contribution in [3.8, 4) is 11.5 Å². The molecule has 0 bridgehead atoms. The molecule has 1 aromatic heterocycles. The first kappa shape index (κ1) is 16.8. The Balaban J connectivity index is 2.12. The molecule has 0 N–H and O–H groups in total. The molecule has 2 aromatic rings. The molecule has 2 heterocycles. The number of ether oxygens (including phenoxy) is 2. The lowest BCUT2D eigenvalue weighted by Crippen LogP contribution is -2.35. The van der Waals surface area contributed by atoms with Gasteiger partial charge in [0.1, 0.15) is 17.3 Å². The highest BCUT2D eigenvalue weighted by molar-refractivity contribution is 6.28. The normalized spacial score (nSPS) is 16.8. The third kappa shape index (κ3) is 2.67. The molecular formula is C18H22ClN3O2. The van der Waals surface area contributed by atoms with Gasteiger partial charge in [-0.1, -0.05) is 0 Å². The molecule has 0 saturated carbocycles. The Labute approximate surface area is 147 Å². The molecule has 6 heteroatoms. The Morgan fingerprint density at radius 2 is 1.79 bits per heavy atom. The molecule has 1 unspecified atom stereocenters. The van der Waals surface area contributed by atoms with Crippen LogP contribution < -0.4 is 14.4 Å². The van der Waals surface area contributed by atoms with E-state index in [-0.39, 0.29) is 11.3 Å². The SMILES string of the molecule is COc1ccc(OC)c2c1CCN(c1nc(Cl)nc(C)c1C)C2C. The lowest BCUT2D eigenvalue weighted by molar-refractivity contribution is 0.385. The zero-order chi connectivity index (χ0) is 17.4. The lowest BCUT2D eigenvalue weighted by Gasteiger charge is -2.38. The van der Waals surface area contributed by atoms with E-state index in [0.29, 0.717) is 0 Å². The van der Waals surface area contributed by atoms with E-state index in [0.717, 1.165) is 47.1 Å². The van der Waals surface area contributed by atoms with E-state index >= 15 is 0 Å². The topological polar surface area (TPSA) is 47.5 Å². The molecule has 1 aliphatic rings. The summed E-state index contributed by atoms with van der Waals surface area (Å²) in [7, 11) is 3.40. The van der Waals surface area contributed by atoms with Gasteiger partial charge >= 0.3 is 0 Å². The lowest BCUT2D eigenvalue weighted by atomic mass is 9.91. The van der Waals surface area contributed by atoms with Crippen molar-refractivity contribution in [1.29, 1.82) is 0 Å². The van der Waals surface area contributed by atoms with Gasteiger partial charge < -0.3 is 14.4 Å². The molecular weight excluding hydrogens is 326 g/mol. The number of rotatable bonds is 3. The summed E-state index contributed by atoms with van der Waals surface area (Å²) >= 11 is 6.10. The average molecular weight is 348 g/mol. The number of aromatic nitrogens is 2. The summed E-state index contributed by atoms with van der Waals surface area (Å²) in [6.07, 6.45) is 0.861. The van der Waals surface area contributed by atoms with E-state index in [2.05, 4.69) is 21.8 Å². The first-order valence-corrected chi connectivity index (χ1v) is 8.36. The molecule has 0 saturated heterocycles. The predicted molar refractivity (Wildman–Crippen MR) is 95.5 cm³/mol. The van der Waals surface area contributed by atoms with Gasteiger partial charge in [0.2, 0.25) is 5.28 Å². The Hall–Kier alpha value is -2.01. The molecule has 0 aliphatic carbocycles. The maximum atomic E-state index is 6.10. The van der Waals surface area contributed by atoms with Crippen LogP contribution in [0.25, 0.3) is 0 Å². The molecule has 128 valence electrons. The van der Waals surface area contributed by atoms with Gasteiger partial charge in [-0.15, -0.1) is 0 Å². The fraction of sp³-hybridized carbons (Fsp3) is 0.444. The molecule has 5 nitrogen and oxygen atoms in total. The summed E-state index contributed by atoms with van der Waals surface area (Å²) in [6.45, 7) is 6.99. The van der Waals surface area contributed by atoms with Crippen molar-refractivity contribution < 1.29 is 9.47 Å². The minimum absolute atomic E-state index is 0.0999. The van der Waals surface area contributed by atoms with Crippen LogP contribution in [-0.4, -0.2) is 30.7 Å².